The molecule has 0 N–H and O–H groups in total. The fourth-order valence-corrected chi connectivity index (χ4v) is 6.15. The molecule has 0 unspecified atom stereocenters. The van der Waals surface area contributed by atoms with E-state index in [-0.39, 0.29) is 11.7 Å². The van der Waals surface area contributed by atoms with Crippen molar-refractivity contribution in [1.82, 2.24) is 4.31 Å². The molecule has 3 aliphatic rings. The first-order valence-corrected chi connectivity index (χ1v) is 12.5. The minimum Gasteiger partial charge on any atom is -0.454 e. The van der Waals surface area contributed by atoms with E-state index in [0.717, 1.165) is 12.2 Å². The van der Waals surface area contributed by atoms with Crippen LogP contribution in [0.2, 0.25) is 0 Å². The number of hydrogen-bond donors (Lipinski definition) is 0. The van der Waals surface area contributed by atoms with Gasteiger partial charge in [0.1, 0.15) is 0 Å². The summed E-state index contributed by atoms with van der Waals surface area (Å²) in [5, 5.41) is 0. The molecule has 3 aliphatic heterocycles. The molecule has 8 heteroatoms. The number of rotatable bonds is 4. The van der Waals surface area contributed by atoms with Crippen LogP contribution in [0.15, 0.2) is 47.4 Å². The van der Waals surface area contributed by atoms with Crippen molar-refractivity contribution in [1.29, 1.82) is 0 Å². The van der Waals surface area contributed by atoms with Gasteiger partial charge < -0.3 is 19.3 Å². The van der Waals surface area contributed by atoms with Gasteiger partial charge in [0.05, 0.1) is 4.90 Å². The molecule has 0 aliphatic carbocycles. The van der Waals surface area contributed by atoms with E-state index in [1.54, 1.807) is 22.5 Å². The number of fused-ring (bicyclic) bond motifs is 1. The van der Waals surface area contributed by atoms with Crippen molar-refractivity contribution in [3.05, 3.63) is 42.5 Å². The number of hydrogen-bond acceptors (Lipinski definition) is 6. The van der Waals surface area contributed by atoms with Gasteiger partial charge in [-0.3, -0.25) is 0 Å². The molecule has 0 spiro atoms. The third kappa shape index (κ3) is 3.94. The molecule has 0 radical (unpaired) electrons. The molecule has 0 aromatic heterocycles. The molecule has 0 bridgehead atoms. The zero-order valence-electron chi connectivity index (χ0n) is 17.9. The summed E-state index contributed by atoms with van der Waals surface area (Å²) in [6.45, 7) is 5.81. The molecule has 31 heavy (non-hydrogen) atoms. The molecule has 7 nitrogen and oxygen atoms in total. The Morgan fingerprint density at radius 2 is 1.55 bits per heavy atom. The molecule has 2 fully saturated rings. The second-order valence-electron chi connectivity index (χ2n) is 8.46. The highest BCUT2D eigenvalue weighted by molar-refractivity contribution is 7.89. The highest BCUT2D eigenvalue weighted by Crippen LogP contribution is 2.35. The lowest BCUT2D eigenvalue weighted by Crippen LogP contribution is -2.48. The maximum absolute atomic E-state index is 13.1. The first-order valence-electron chi connectivity index (χ1n) is 11.0. The van der Waals surface area contributed by atoms with Gasteiger partial charge in [0, 0.05) is 56.2 Å². The van der Waals surface area contributed by atoms with Crippen LogP contribution in [0.25, 0.3) is 0 Å². The number of sulfonamides is 1. The third-order valence-corrected chi connectivity index (χ3v) is 8.46. The fourth-order valence-electron chi connectivity index (χ4n) is 4.71. The number of benzene rings is 2. The number of piperidine rings is 1. The van der Waals surface area contributed by atoms with E-state index in [1.807, 2.05) is 0 Å². The number of ether oxygens (including phenoxy) is 2. The fraction of sp³-hybridized carbons (Fsp3) is 0.478. The highest BCUT2D eigenvalue weighted by Gasteiger charge is 2.30. The largest absolute Gasteiger partial charge is 0.454 e. The van der Waals surface area contributed by atoms with Crippen LogP contribution in [0.5, 0.6) is 11.5 Å². The van der Waals surface area contributed by atoms with Crippen LogP contribution < -0.4 is 19.3 Å². The quantitative estimate of drug-likeness (QED) is 0.723. The Kier molecular flexibility index (Phi) is 5.44. The van der Waals surface area contributed by atoms with E-state index < -0.39 is 10.0 Å². The molecule has 5 rings (SSSR count). The molecule has 166 valence electrons. The van der Waals surface area contributed by atoms with Crippen LogP contribution in [0.3, 0.4) is 0 Å². The second kappa shape index (κ2) is 8.24. The van der Waals surface area contributed by atoms with Gasteiger partial charge in [-0.25, -0.2) is 8.42 Å². The highest BCUT2D eigenvalue weighted by atomic mass is 32.2. The van der Waals surface area contributed by atoms with Crippen molar-refractivity contribution >= 4 is 21.4 Å². The molecule has 2 saturated heterocycles. The van der Waals surface area contributed by atoms with E-state index in [9.17, 15) is 8.42 Å². The van der Waals surface area contributed by atoms with Crippen molar-refractivity contribution in [3.63, 3.8) is 0 Å². The van der Waals surface area contributed by atoms with Crippen LogP contribution in [-0.2, 0) is 10.0 Å². The van der Waals surface area contributed by atoms with Crippen molar-refractivity contribution in [2.75, 3.05) is 49.3 Å². The third-order valence-electron chi connectivity index (χ3n) is 6.57. The standard InChI is InChI=1S/C23H29N3O4S/c1-18-4-2-3-11-26(18)20-7-5-19(6-8-20)24-12-14-25(15-13-24)31(27,28)21-9-10-22-23(16-21)30-17-29-22/h5-10,16,18H,2-4,11-15,17H2,1H3/t18-/m0/s1. The normalized spacial score (nSPS) is 22.0. The average Bonchev–Trinajstić information content (AvgIpc) is 3.28. The summed E-state index contributed by atoms with van der Waals surface area (Å²) in [5.74, 6) is 1.08. The molecule has 0 amide bonds. The Morgan fingerprint density at radius 1 is 0.839 bits per heavy atom. The molecule has 2 aromatic carbocycles. The minimum atomic E-state index is -3.55. The van der Waals surface area contributed by atoms with Crippen molar-refractivity contribution in [2.24, 2.45) is 0 Å². The van der Waals surface area contributed by atoms with E-state index in [2.05, 4.69) is 41.0 Å². The van der Waals surface area contributed by atoms with E-state index >= 15 is 0 Å². The zero-order chi connectivity index (χ0) is 21.4. The van der Waals surface area contributed by atoms with Crippen molar-refractivity contribution in [2.45, 2.75) is 37.1 Å². The Labute approximate surface area is 184 Å². The molecule has 2 aromatic rings. The van der Waals surface area contributed by atoms with Gasteiger partial charge in [-0.1, -0.05) is 0 Å². The van der Waals surface area contributed by atoms with Crippen LogP contribution in [-0.4, -0.2) is 58.3 Å². The van der Waals surface area contributed by atoms with Crippen molar-refractivity contribution in [3.8, 4) is 11.5 Å². The Balaban J connectivity index is 1.24. The predicted molar refractivity (Wildman–Crippen MR) is 121 cm³/mol. The number of piperazine rings is 1. The molecule has 3 heterocycles. The summed E-state index contributed by atoms with van der Waals surface area (Å²) >= 11 is 0. The summed E-state index contributed by atoms with van der Waals surface area (Å²) in [6.07, 6.45) is 3.82. The maximum Gasteiger partial charge on any atom is 0.243 e. The lowest BCUT2D eigenvalue weighted by Gasteiger charge is -2.37. The van der Waals surface area contributed by atoms with Gasteiger partial charge in [-0.15, -0.1) is 0 Å². The van der Waals surface area contributed by atoms with Crippen LogP contribution in [0.4, 0.5) is 11.4 Å². The summed E-state index contributed by atoms with van der Waals surface area (Å²) < 4.78 is 38.4. The lowest BCUT2D eigenvalue weighted by atomic mass is 10.0. The number of anilines is 2. The summed E-state index contributed by atoms with van der Waals surface area (Å²) in [5.41, 5.74) is 2.42. The first-order chi connectivity index (χ1) is 15.0. The second-order valence-corrected chi connectivity index (χ2v) is 10.4. The van der Waals surface area contributed by atoms with Gasteiger partial charge in [-0.05, 0) is 62.6 Å². The van der Waals surface area contributed by atoms with E-state index in [4.69, 9.17) is 9.47 Å². The van der Waals surface area contributed by atoms with Gasteiger partial charge in [-0.2, -0.15) is 4.31 Å². The first kappa shape index (κ1) is 20.5. The smallest absolute Gasteiger partial charge is 0.243 e. The SMILES string of the molecule is C[C@H]1CCCCN1c1ccc(N2CCN(S(=O)(=O)c3ccc4c(c3)OCO4)CC2)cc1. The topological polar surface area (TPSA) is 62.3 Å². The minimum absolute atomic E-state index is 0.132. The van der Waals surface area contributed by atoms with Crippen LogP contribution in [0.1, 0.15) is 26.2 Å². The van der Waals surface area contributed by atoms with E-state index in [1.165, 1.54) is 24.9 Å². The van der Waals surface area contributed by atoms with Crippen LogP contribution >= 0.6 is 0 Å². The lowest BCUT2D eigenvalue weighted by molar-refractivity contribution is 0.174. The molecule has 0 saturated carbocycles. The molecule has 1 atom stereocenters. The van der Waals surface area contributed by atoms with Crippen LogP contribution in [0, 0.1) is 0 Å². The Hall–Kier alpha value is -2.45. The van der Waals surface area contributed by atoms with Gasteiger partial charge in [0.25, 0.3) is 0 Å². The predicted octanol–water partition coefficient (Wildman–Crippen LogP) is 3.31. The Bertz CT molecular complexity index is 1030. The summed E-state index contributed by atoms with van der Waals surface area (Å²) in [6, 6.07) is 14.1. The maximum atomic E-state index is 13.1. The van der Waals surface area contributed by atoms with Gasteiger partial charge >= 0.3 is 0 Å². The molecular formula is C23H29N3O4S. The van der Waals surface area contributed by atoms with E-state index in [0.29, 0.717) is 43.7 Å². The average molecular weight is 444 g/mol. The van der Waals surface area contributed by atoms with Crippen molar-refractivity contribution < 1.29 is 17.9 Å². The summed E-state index contributed by atoms with van der Waals surface area (Å²) in [7, 11) is -3.55. The van der Waals surface area contributed by atoms with Gasteiger partial charge in [0.2, 0.25) is 16.8 Å². The molecular weight excluding hydrogens is 414 g/mol. The summed E-state index contributed by atoms with van der Waals surface area (Å²) in [4.78, 5) is 5.00. The zero-order valence-corrected chi connectivity index (χ0v) is 18.7. The van der Waals surface area contributed by atoms with Gasteiger partial charge in [0.15, 0.2) is 11.5 Å². The Morgan fingerprint density at radius 3 is 2.29 bits per heavy atom. The monoisotopic (exact) mass is 443 g/mol. The number of nitrogens with zero attached hydrogens (tertiary/aromatic N) is 3.